The monoisotopic (exact) mass is 365 g/mol. The molecule has 0 spiro atoms. The van der Waals surface area contributed by atoms with E-state index in [1.165, 1.54) is 24.8 Å². The first-order valence-electron chi connectivity index (χ1n) is 7.54. The summed E-state index contributed by atoms with van der Waals surface area (Å²) < 4.78 is 12.9. The Morgan fingerprint density at radius 3 is 2.52 bits per heavy atom. The molecule has 0 radical (unpaired) electrons. The normalized spacial score (nSPS) is 12.2. The van der Waals surface area contributed by atoms with Gasteiger partial charge in [0.25, 0.3) is 0 Å². The van der Waals surface area contributed by atoms with Crippen molar-refractivity contribution >= 4 is 23.6 Å². The molecule has 0 atom stereocenters. The Balaban J connectivity index is 2.52. The van der Waals surface area contributed by atoms with Gasteiger partial charge >= 0.3 is 17.7 Å². The van der Waals surface area contributed by atoms with Crippen LogP contribution in [0.25, 0.3) is 11.8 Å². The van der Waals surface area contributed by atoms with Crippen LogP contribution < -0.4 is 10.4 Å². The standard InChI is InChI=1S/C17H20ClN3O4/c1-17(2,3)25-14(22)12(18)10-11-8-6-7-9-13(11)21-15(24-5)19-20(4)16(21)23/h6-10H,1-5H3. The van der Waals surface area contributed by atoms with Gasteiger partial charge in [0.1, 0.15) is 10.6 Å². The van der Waals surface area contributed by atoms with E-state index in [9.17, 15) is 9.59 Å². The fraction of sp³-hybridized carbons (Fsp3) is 0.353. The molecule has 1 heterocycles. The Labute approximate surface area is 150 Å². The lowest BCUT2D eigenvalue weighted by Gasteiger charge is -2.19. The van der Waals surface area contributed by atoms with Crippen LogP contribution in [-0.4, -0.2) is 33.0 Å². The van der Waals surface area contributed by atoms with E-state index in [-0.39, 0.29) is 16.7 Å². The molecule has 0 aliphatic carbocycles. The number of halogens is 1. The summed E-state index contributed by atoms with van der Waals surface area (Å²) in [4.78, 5) is 24.4. The maximum atomic E-state index is 12.3. The maximum Gasteiger partial charge on any atom is 0.353 e. The molecular weight excluding hydrogens is 346 g/mol. The minimum atomic E-state index is -0.659. The molecule has 7 nitrogen and oxygen atoms in total. The lowest BCUT2D eigenvalue weighted by atomic mass is 10.1. The number of hydrogen-bond acceptors (Lipinski definition) is 5. The minimum absolute atomic E-state index is 0.0988. The summed E-state index contributed by atoms with van der Waals surface area (Å²) in [6.07, 6.45) is 1.45. The predicted molar refractivity (Wildman–Crippen MR) is 95.0 cm³/mol. The summed E-state index contributed by atoms with van der Waals surface area (Å²) in [5.74, 6) is -0.644. The molecule has 0 N–H and O–H groups in total. The second-order valence-electron chi connectivity index (χ2n) is 6.28. The highest BCUT2D eigenvalue weighted by atomic mass is 35.5. The number of benzene rings is 1. The smallest absolute Gasteiger partial charge is 0.353 e. The summed E-state index contributed by atoms with van der Waals surface area (Å²) in [5.41, 5.74) is -0.00863. The second-order valence-corrected chi connectivity index (χ2v) is 6.69. The summed E-state index contributed by atoms with van der Waals surface area (Å²) in [6.45, 7) is 5.26. The number of ether oxygens (including phenoxy) is 2. The number of nitrogens with zero attached hydrogens (tertiary/aromatic N) is 3. The van der Waals surface area contributed by atoms with E-state index in [2.05, 4.69) is 5.10 Å². The highest BCUT2D eigenvalue weighted by Gasteiger charge is 2.20. The zero-order chi connectivity index (χ0) is 18.8. The Morgan fingerprint density at radius 2 is 1.92 bits per heavy atom. The molecule has 0 fully saturated rings. The fourth-order valence-corrected chi connectivity index (χ4v) is 2.27. The minimum Gasteiger partial charge on any atom is -0.467 e. The van der Waals surface area contributed by atoms with Gasteiger partial charge in [-0.25, -0.2) is 18.8 Å². The molecule has 1 aromatic heterocycles. The number of esters is 1. The van der Waals surface area contributed by atoms with Crippen molar-refractivity contribution in [2.75, 3.05) is 7.11 Å². The van der Waals surface area contributed by atoms with E-state index in [0.717, 1.165) is 4.68 Å². The van der Waals surface area contributed by atoms with E-state index in [0.29, 0.717) is 11.3 Å². The van der Waals surface area contributed by atoms with Gasteiger partial charge in [-0.3, -0.25) is 0 Å². The molecule has 0 aliphatic rings. The summed E-state index contributed by atoms with van der Waals surface area (Å²) in [7, 11) is 2.94. The number of para-hydroxylation sites is 1. The van der Waals surface area contributed by atoms with Crippen LogP contribution in [0.15, 0.2) is 34.1 Å². The zero-order valence-electron chi connectivity index (χ0n) is 14.7. The van der Waals surface area contributed by atoms with Gasteiger partial charge in [0, 0.05) is 12.6 Å². The molecule has 0 saturated heterocycles. The lowest BCUT2D eigenvalue weighted by Crippen LogP contribution is -2.24. The van der Waals surface area contributed by atoms with Crippen molar-refractivity contribution in [3.05, 3.63) is 45.3 Å². The van der Waals surface area contributed by atoms with E-state index < -0.39 is 11.6 Å². The maximum absolute atomic E-state index is 12.3. The number of aromatic nitrogens is 3. The second kappa shape index (κ2) is 7.14. The number of aryl methyl sites for hydroxylation is 1. The van der Waals surface area contributed by atoms with Gasteiger partial charge < -0.3 is 9.47 Å². The Kier molecular flexibility index (Phi) is 5.37. The third kappa shape index (κ3) is 4.30. The zero-order valence-corrected chi connectivity index (χ0v) is 15.5. The average Bonchev–Trinajstić information content (AvgIpc) is 2.81. The van der Waals surface area contributed by atoms with Gasteiger partial charge in [0.2, 0.25) is 0 Å². The first kappa shape index (κ1) is 18.8. The van der Waals surface area contributed by atoms with Gasteiger partial charge in [0.05, 0.1) is 12.8 Å². The van der Waals surface area contributed by atoms with Gasteiger partial charge in [0.15, 0.2) is 0 Å². The quantitative estimate of drug-likeness (QED) is 0.614. The summed E-state index contributed by atoms with van der Waals surface area (Å²) >= 11 is 6.10. The number of methoxy groups -OCH3 is 1. The highest BCUT2D eigenvalue weighted by Crippen LogP contribution is 2.22. The van der Waals surface area contributed by atoms with Crippen molar-refractivity contribution in [3.8, 4) is 11.7 Å². The van der Waals surface area contributed by atoms with E-state index in [1.54, 1.807) is 45.0 Å². The Hall–Kier alpha value is -2.54. The molecule has 0 saturated carbocycles. The van der Waals surface area contributed by atoms with Crippen molar-refractivity contribution in [1.82, 2.24) is 14.3 Å². The topological polar surface area (TPSA) is 75.4 Å². The van der Waals surface area contributed by atoms with Crippen LogP contribution in [0.4, 0.5) is 0 Å². The van der Waals surface area contributed by atoms with Crippen LogP contribution in [0.3, 0.4) is 0 Å². The molecule has 0 unspecified atom stereocenters. The molecule has 2 rings (SSSR count). The van der Waals surface area contributed by atoms with Crippen LogP contribution >= 0.6 is 11.6 Å². The molecule has 0 amide bonds. The highest BCUT2D eigenvalue weighted by molar-refractivity contribution is 6.43. The largest absolute Gasteiger partial charge is 0.467 e. The first-order valence-corrected chi connectivity index (χ1v) is 7.92. The molecule has 8 heteroatoms. The molecule has 134 valence electrons. The van der Waals surface area contributed by atoms with E-state index in [4.69, 9.17) is 21.1 Å². The van der Waals surface area contributed by atoms with E-state index >= 15 is 0 Å². The number of hydrogen-bond donors (Lipinski definition) is 0. The number of carbonyl (C=O) groups excluding carboxylic acids is 1. The number of rotatable bonds is 4. The van der Waals surface area contributed by atoms with Gasteiger partial charge in [-0.05, 0) is 32.9 Å². The third-order valence-corrected chi connectivity index (χ3v) is 3.39. The molecule has 0 aliphatic heterocycles. The van der Waals surface area contributed by atoms with Crippen LogP contribution in [0.5, 0.6) is 6.01 Å². The van der Waals surface area contributed by atoms with Crippen molar-refractivity contribution in [2.24, 2.45) is 7.05 Å². The van der Waals surface area contributed by atoms with Gasteiger partial charge in [-0.15, -0.1) is 5.10 Å². The van der Waals surface area contributed by atoms with Crippen LogP contribution in [0.1, 0.15) is 26.3 Å². The summed E-state index contributed by atoms with van der Waals surface area (Å²) in [6, 6.07) is 7.08. The summed E-state index contributed by atoms with van der Waals surface area (Å²) in [5, 5.41) is 3.91. The van der Waals surface area contributed by atoms with Gasteiger partial charge in [-0.2, -0.15) is 0 Å². The molecule has 2 aromatic rings. The van der Waals surface area contributed by atoms with Crippen LogP contribution in [0.2, 0.25) is 0 Å². The molecular formula is C17H20ClN3O4. The Bertz CT molecular complexity index is 875. The van der Waals surface area contributed by atoms with Crippen molar-refractivity contribution in [3.63, 3.8) is 0 Å². The lowest BCUT2D eigenvalue weighted by molar-refractivity contribution is -0.148. The predicted octanol–water partition coefficient (Wildman–Crippen LogP) is 2.50. The molecule has 0 bridgehead atoms. The fourth-order valence-electron chi connectivity index (χ4n) is 2.12. The van der Waals surface area contributed by atoms with Crippen molar-refractivity contribution in [1.29, 1.82) is 0 Å². The van der Waals surface area contributed by atoms with Crippen LogP contribution in [-0.2, 0) is 16.6 Å². The van der Waals surface area contributed by atoms with Gasteiger partial charge in [-0.1, -0.05) is 29.8 Å². The van der Waals surface area contributed by atoms with Crippen LogP contribution in [0, 0.1) is 0 Å². The molecule has 25 heavy (non-hydrogen) atoms. The number of carbonyl (C=O) groups is 1. The molecule has 1 aromatic carbocycles. The van der Waals surface area contributed by atoms with Crippen molar-refractivity contribution in [2.45, 2.75) is 26.4 Å². The Morgan fingerprint density at radius 1 is 1.28 bits per heavy atom. The van der Waals surface area contributed by atoms with E-state index in [1.807, 2.05) is 0 Å². The third-order valence-electron chi connectivity index (χ3n) is 3.13. The SMILES string of the molecule is COc1nn(C)c(=O)n1-c1ccccc1C=C(Cl)C(=O)OC(C)(C)C. The first-order chi connectivity index (χ1) is 11.6. The average molecular weight is 366 g/mol. The van der Waals surface area contributed by atoms with Crippen molar-refractivity contribution < 1.29 is 14.3 Å².